The standard InChI is InChI=1S/C29H32N4O5/c1-37-23-10-7-20(8-11-23)13-14-30-29(34)24-18-21-17-22(33(35)36)9-12-25(21)32-16-15-31(19-27(24)32)26-5-3-4-6-28(26)38-2/h3-12,17,24,27H,13-16,18-19H2,1-2H3,(H,30,34). The molecule has 1 amide bonds. The topological polar surface area (TPSA) is 97.2 Å². The normalized spacial score (nSPS) is 18.3. The van der Waals surface area contributed by atoms with E-state index >= 15 is 0 Å². The number of nitro groups is 1. The quantitative estimate of drug-likeness (QED) is 0.359. The second-order valence-electron chi connectivity index (χ2n) is 9.65. The van der Waals surface area contributed by atoms with Crippen LogP contribution in [0.5, 0.6) is 11.5 Å². The molecule has 9 nitrogen and oxygen atoms in total. The van der Waals surface area contributed by atoms with E-state index in [1.807, 2.05) is 54.6 Å². The minimum atomic E-state index is -0.379. The number of nitrogens with zero attached hydrogens (tertiary/aromatic N) is 3. The number of hydrogen-bond acceptors (Lipinski definition) is 7. The van der Waals surface area contributed by atoms with E-state index in [1.54, 1.807) is 26.4 Å². The van der Waals surface area contributed by atoms with Crippen molar-refractivity contribution in [3.8, 4) is 11.5 Å². The van der Waals surface area contributed by atoms with E-state index in [-0.39, 0.29) is 28.5 Å². The number of rotatable bonds is 8. The van der Waals surface area contributed by atoms with Crippen molar-refractivity contribution in [3.05, 3.63) is 88.0 Å². The van der Waals surface area contributed by atoms with Gasteiger partial charge in [0, 0.05) is 44.0 Å². The van der Waals surface area contributed by atoms with E-state index in [9.17, 15) is 14.9 Å². The average molecular weight is 517 g/mol. The van der Waals surface area contributed by atoms with Crippen LogP contribution in [0, 0.1) is 16.0 Å². The van der Waals surface area contributed by atoms with Gasteiger partial charge in [0.1, 0.15) is 11.5 Å². The summed E-state index contributed by atoms with van der Waals surface area (Å²) in [6.07, 6.45) is 1.15. The summed E-state index contributed by atoms with van der Waals surface area (Å²) < 4.78 is 10.8. The number of nitrogens with one attached hydrogen (secondary N) is 1. The number of anilines is 2. The molecule has 0 bridgehead atoms. The molecule has 1 saturated heterocycles. The fourth-order valence-corrected chi connectivity index (χ4v) is 5.59. The van der Waals surface area contributed by atoms with Crippen molar-refractivity contribution in [1.82, 2.24) is 5.32 Å². The maximum atomic E-state index is 13.6. The lowest BCUT2D eigenvalue weighted by Gasteiger charge is -2.49. The van der Waals surface area contributed by atoms with Gasteiger partial charge in [0.25, 0.3) is 5.69 Å². The molecule has 198 valence electrons. The third-order valence-electron chi connectivity index (χ3n) is 7.54. The van der Waals surface area contributed by atoms with Crippen LogP contribution in [-0.4, -0.2) is 57.3 Å². The van der Waals surface area contributed by atoms with Gasteiger partial charge in [-0.25, -0.2) is 0 Å². The lowest BCUT2D eigenvalue weighted by molar-refractivity contribution is -0.384. The summed E-state index contributed by atoms with van der Waals surface area (Å²) in [6, 6.07) is 20.7. The number of fused-ring (bicyclic) bond motifs is 3. The van der Waals surface area contributed by atoms with Crippen LogP contribution in [0.15, 0.2) is 66.7 Å². The molecule has 9 heteroatoms. The molecule has 0 aliphatic carbocycles. The number of amides is 1. The van der Waals surface area contributed by atoms with E-state index in [4.69, 9.17) is 9.47 Å². The molecule has 2 atom stereocenters. The van der Waals surface area contributed by atoms with Crippen LogP contribution in [0.2, 0.25) is 0 Å². The number of hydrogen-bond donors (Lipinski definition) is 1. The maximum absolute atomic E-state index is 13.6. The first kappa shape index (κ1) is 25.4. The Morgan fingerprint density at radius 3 is 2.55 bits per heavy atom. The molecule has 2 unspecified atom stereocenters. The molecule has 38 heavy (non-hydrogen) atoms. The molecule has 1 fully saturated rings. The summed E-state index contributed by atoms with van der Waals surface area (Å²) >= 11 is 0. The minimum absolute atomic E-state index is 0.0347. The fraction of sp³-hybridized carbons (Fsp3) is 0.345. The average Bonchev–Trinajstić information content (AvgIpc) is 2.96. The van der Waals surface area contributed by atoms with E-state index in [2.05, 4.69) is 15.1 Å². The van der Waals surface area contributed by atoms with Gasteiger partial charge in [0.05, 0.1) is 36.8 Å². The van der Waals surface area contributed by atoms with E-state index in [0.29, 0.717) is 32.5 Å². The molecule has 2 heterocycles. The zero-order valence-electron chi connectivity index (χ0n) is 21.6. The Kier molecular flexibility index (Phi) is 7.35. The molecule has 1 N–H and O–H groups in total. The molecule has 2 aliphatic rings. The van der Waals surface area contributed by atoms with Crippen LogP contribution in [0.4, 0.5) is 17.1 Å². The van der Waals surface area contributed by atoms with Crippen LogP contribution in [0.3, 0.4) is 0 Å². The lowest BCUT2D eigenvalue weighted by Crippen LogP contribution is -2.61. The predicted molar refractivity (Wildman–Crippen MR) is 146 cm³/mol. The first-order valence-electron chi connectivity index (χ1n) is 12.8. The van der Waals surface area contributed by atoms with Gasteiger partial charge in [-0.05, 0) is 54.3 Å². The number of benzene rings is 3. The van der Waals surface area contributed by atoms with Crippen LogP contribution in [0.25, 0.3) is 0 Å². The number of ether oxygens (including phenoxy) is 2. The monoisotopic (exact) mass is 516 g/mol. The second-order valence-corrected chi connectivity index (χ2v) is 9.65. The van der Waals surface area contributed by atoms with Crippen molar-refractivity contribution in [2.75, 3.05) is 50.2 Å². The smallest absolute Gasteiger partial charge is 0.269 e. The highest BCUT2D eigenvalue weighted by molar-refractivity contribution is 5.82. The predicted octanol–water partition coefficient (Wildman–Crippen LogP) is 3.84. The number of para-hydroxylation sites is 2. The Labute approximate surface area is 222 Å². The van der Waals surface area contributed by atoms with Gasteiger partial charge in [-0.3, -0.25) is 14.9 Å². The third-order valence-corrected chi connectivity index (χ3v) is 7.54. The number of piperazine rings is 1. The Hall–Kier alpha value is -4.27. The van der Waals surface area contributed by atoms with E-state index < -0.39 is 0 Å². The fourth-order valence-electron chi connectivity index (χ4n) is 5.59. The summed E-state index contributed by atoms with van der Waals surface area (Å²) in [5, 5.41) is 14.6. The summed E-state index contributed by atoms with van der Waals surface area (Å²) in [7, 11) is 3.30. The SMILES string of the molecule is COc1ccc(CCNC(=O)C2Cc3cc([N+](=O)[O-])ccc3N3CCN(c4ccccc4OC)CC23)cc1. The summed E-state index contributed by atoms with van der Waals surface area (Å²) in [5.74, 6) is 1.21. The third kappa shape index (κ3) is 5.09. The molecule has 0 spiro atoms. The highest BCUT2D eigenvalue weighted by Gasteiger charge is 2.42. The van der Waals surface area contributed by atoms with E-state index in [1.165, 1.54) is 0 Å². The van der Waals surface area contributed by atoms with Crippen molar-refractivity contribution in [1.29, 1.82) is 0 Å². The zero-order valence-corrected chi connectivity index (χ0v) is 21.6. The first-order chi connectivity index (χ1) is 18.5. The van der Waals surface area contributed by atoms with Crippen LogP contribution in [0.1, 0.15) is 11.1 Å². The number of non-ortho nitro benzene ring substituents is 1. The first-order valence-corrected chi connectivity index (χ1v) is 12.8. The van der Waals surface area contributed by atoms with Gasteiger partial charge in [-0.1, -0.05) is 24.3 Å². The minimum Gasteiger partial charge on any atom is -0.497 e. The molecule has 0 saturated carbocycles. The molecule has 0 radical (unpaired) electrons. The molecular formula is C29H32N4O5. The van der Waals surface area contributed by atoms with Crippen molar-refractivity contribution >= 4 is 23.0 Å². The van der Waals surface area contributed by atoms with Crippen molar-refractivity contribution < 1.29 is 19.2 Å². The number of nitro benzene ring substituents is 1. The second kappa shape index (κ2) is 11.0. The lowest BCUT2D eigenvalue weighted by atomic mass is 9.83. The van der Waals surface area contributed by atoms with Gasteiger partial charge in [0.15, 0.2) is 0 Å². The summed E-state index contributed by atoms with van der Waals surface area (Å²) in [4.78, 5) is 29.2. The Morgan fingerprint density at radius 1 is 1.03 bits per heavy atom. The molecule has 2 aliphatic heterocycles. The van der Waals surface area contributed by atoms with Gasteiger partial charge in [-0.15, -0.1) is 0 Å². The zero-order chi connectivity index (χ0) is 26.6. The number of methoxy groups -OCH3 is 2. The van der Waals surface area contributed by atoms with Crippen LogP contribution in [-0.2, 0) is 17.6 Å². The number of carbonyl (C=O) groups is 1. The van der Waals surface area contributed by atoms with Crippen molar-refractivity contribution in [3.63, 3.8) is 0 Å². The van der Waals surface area contributed by atoms with Gasteiger partial charge < -0.3 is 24.6 Å². The van der Waals surface area contributed by atoms with Gasteiger partial charge in [0.2, 0.25) is 5.91 Å². The van der Waals surface area contributed by atoms with Crippen molar-refractivity contribution in [2.24, 2.45) is 5.92 Å². The Balaban J connectivity index is 1.37. The van der Waals surface area contributed by atoms with Crippen LogP contribution >= 0.6 is 0 Å². The molecule has 5 rings (SSSR count). The highest BCUT2D eigenvalue weighted by Crippen LogP contribution is 2.39. The number of carbonyl (C=O) groups excluding carboxylic acids is 1. The Bertz CT molecular complexity index is 1310. The molecular weight excluding hydrogens is 484 g/mol. The van der Waals surface area contributed by atoms with Crippen molar-refractivity contribution in [2.45, 2.75) is 18.9 Å². The van der Waals surface area contributed by atoms with E-state index in [0.717, 1.165) is 40.5 Å². The van der Waals surface area contributed by atoms with Gasteiger partial charge >= 0.3 is 0 Å². The highest BCUT2D eigenvalue weighted by atomic mass is 16.6. The molecule has 0 aromatic heterocycles. The largest absolute Gasteiger partial charge is 0.497 e. The summed E-state index contributed by atoms with van der Waals surface area (Å²) in [6.45, 7) is 2.60. The summed E-state index contributed by atoms with van der Waals surface area (Å²) in [5.41, 5.74) is 3.98. The Morgan fingerprint density at radius 2 is 1.82 bits per heavy atom. The molecule has 3 aromatic rings. The maximum Gasteiger partial charge on any atom is 0.269 e. The molecule has 3 aromatic carbocycles. The van der Waals surface area contributed by atoms with Crippen LogP contribution < -0.4 is 24.6 Å². The van der Waals surface area contributed by atoms with Gasteiger partial charge in [-0.2, -0.15) is 0 Å².